The molecule has 0 spiro atoms. The third kappa shape index (κ3) is 5.63. The maximum absolute atomic E-state index is 13.0. The average Bonchev–Trinajstić information content (AvgIpc) is 2.68. The van der Waals surface area contributed by atoms with Gasteiger partial charge in [0.05, 0.1) is 0 Å². The van der Waals surface area contributed by atoms with E-state index in [4.69, 9.17) is 27.9 Å². The van der Waals surface area contributed by atoms with Crippen LogP contribution in [0.1, 0.15) is 24.5 Å². The molecule has 2 aromatic carbocycles. The highest BCUT2D eigenvalue weighted by atomic mass is 35.5. The molecule has 0 aliphatic carbocycles. The molecule has 0 aromatic heterocycles. The monoisotopic (exact) mass is 422 g/mol. The highest BCUT2D eigenvalue weighted by molar-refractivity contribution is 6.35. The SMILES string of the molecule is CC[C@H](C(=O)NC)N(Cc1ccc(Cl)cc1Cl)C(=O)COc1ccccc1C. The van der Waals surface area contributed by atoms with Crippen LogP contribution in [-0.2, 0) is 16.1 Å². The Hall–Kier alpha value is -2.24. The maximum atomic E-state index is 13.0. The van der Waals surface area contributed by atoms with Gasteiger partial charge in [-0.2, -0.15) is 0 Å². The number of amides is 2. The van der Waals surface area contributed by atoms with Crippen LogP contribution in [0.25, 0.3) is 0 Å². The summed E-state index contributed by atoms with van der Waals surface area (Å²) in [7, 11) is 1.55. The van der Waals surface area contributed by atoms with Crippen LogP contribution in [0.4, 0.5) is 0 Å². The van der Waals surface area contributed by atoms with Gasteiger partial charge in [0.25, 0.3) is 5.91 Å². The van der Waals surface area contributed by atoms with Crippen LogP contribution in [0.2, 0.25) is 10.0 Å². The zero-order chi connectivity index (χ0) is 20.7. The molecule has 2 aromatic rings. The lowest BCUT2D eigenvalue weighted by atomic mass is 10.1. The Balaban J connectivity index is 2.24. The number of halogens is 2. The van der Waals surface area contributed by atoms with E-state index in [2.05, 4.69) is 5.32 Å². The number of hydrogen-bond donors (Lipinski definition) is 1. The van der Waals surface area contributed by atoms with Gasteiger partial charge in [0, 0.05) is 23.6 Å². The summed E-state index contributed by atoms with van der Waals surface area (Å²) >= 11 is 12.2. The van der Waals surface area contributed by atoms with Gasteiger partial charge in [0.15, 0.2) is 6.61 Å². The molecule has 0 radical (unpaired) electrons. The molecule has 1 atom stereocenters. The first kappa shape index (κ1) is 22.1. The quantitative estimate of drug-likeness (QED) is 0.691. The van der Waals surface area contributed by atoms with E-state index in [1.165, 1.54) is 4.90 Å². The Morgan fingerprint density at radius 3 is 2.50 bits per heavy atom. The molecule has 0 saturated carbocycles. The molecule has 0 aliphatic heterocycles. The van der Waals surface area contributed by atoms with Crippen LogP contribution in [0, 0.1) is 6.92 Å². The minimum absolute atomic E-state index is 0.177. The Morgan fingerprint density at radius 1 is 1.18 bits per heavy atom. The number of carbonyl (C=O) groups excluding carboxylic acids is 2. The largest absolute Gasteiger partial charge is 0.484 e. The van der Waals surface area contributed by atoms with Crippen molar-refractivity contribution < 1.29 is 14.3 Å². The van der Waals surface area contributed by atoms with Crippen LogP contribution < -0.4 is 10.1 Å². The van der Waals surface area contributed by atoms with Crippen LogP contribution >= 0.6 is 23.2 Å². The van der Waals surface area contributed by atoms with Crippen molar-refractivity contribution in [1.82, 2.24) is 10.2 Å². The summed E-state index contributed by atoms with van der Waals surface area (Å²) in [6.07, 6.45) is 0.459. The molecular weight excluding hydrogens is 399 g/mol. The van der Waals surface area contributed by atoms with E-state index in [1.54, 1.807) is 31.3 Å². The van der Waals surface area contributed by atoms with Crippen molar-refractivity contribution in [2.45, 2.75) is 32.9 Å². The summed E-state index contributed by atoms with van der Waals surface area (Å²) in [4.78, 5) is 26.8. The molecule has 2 amide bonds. The number of likely N-dealkylation sites (N-methyl/N-ethyl adjacent to an activating group) is 1. The van der Waals surface area contributed by atoms with Gasteiger partial charge < -0.3 is 15.0 Å². The van der Waals surface area contributed by atoms with E-state index in [-0.39, 0.29) is 25.0 Å². The van der Waals surface area contributed by atoms with Crippen molar-refractivity contribution in [1.29, 1.82) is 0 Å². The number of carbonyl (C=O) groups is 2. The fourth-order valence-corrected chi connectivity index (χ4v) is 3.33. The lowest BCUT2D eigenvalue weighted by molar-refractivity contribution is -0.142. The standard InChI is InChI=1S/C21H24Cl2N2O3/c1-4-18(21(27)24-3)25(12-15-9-10-16(22)11-17(15)23)20(26)13-28-19-8-6-5-7-14(19)2/h5-11,18H,4,12-13H2,1-3H3,(H,24,27)/t18-/m1/s1. The van der Waals surface area contributed by atoms with E-state index in [0.29, 0.717) is 27.8 Å². The molecule has 150 valence electrons. The van der Waals surface area contributed by atoms with Crippen molar-refractivity contribution >= 4 is 35.0 Å². The summed E-state index contributed by atoms with van der Waals surface area (Å²) in [5.74, 6) is 0.0925. The molecule has 0 saturated heterocycles. The topological polar surface area (TPSA) is 58.6 Å². The van der Waals surface area contributed by atoms with E-state index >= 15 is 0 Å². The molecule has 0 fully saturated rings. The maximum Gasteiger partial charge on any atom is 0.261 e. The number of nitrogens with zero attached hydrogens (tertiary/aromatic N) is 1. The second-order valence-corrected chi connectivity index (χ2v) is 7.19. The number of nitrogens with one attached hydrogen (secondary N) is 1. The van der Waals surface area contributed by atoms with Crippen LogP contribution in [-0.4, -0.2) is 36.4 Å². The molecule has 0 aliphatic rings. The lowest BCUT2D eigenvalue weighted by Crippen LogP contribution is -2.49. The van der Waals surface area contributed by atoms with Gasteiger partial charge in [0.2, 0.25) is 5.91 Å². The van der Waals surface area contributed by atoms with E-state index < -0.39 is 6.04 Å². The van der Waals surface area contributed by atoms with Gasteiger partial charge >= 0.3 is 0 Å². The van der Waals surface area contributed by atoms with Gasteiger partial charge in [-0.15, -0.1) is 0 Å². The number of ether oxygens (including phenoxy) is 1. The number of benzene rings is 2. The molecular formula is C21H24Cl2N2O3. The van der Waals surface area contributed by atoms with Gasteiger partial charge in [0.1, 0.15) is 11.8 Å². The second kappa shape index (κ2) is 10.3. The third-order valence-corrected chi connectivity index (χ3v) is 5.02. The fraction of sp³-hybridized carbons (Fsp3) is 0.333. The lowest BCUT2D eigenvalue weighted by Gasteiger charge is -2.30. The predicted molar refractivity (Wildman–Crippen MR) is 112 cm³/mol. The number of rotatable bonds is 8. The zero-order valence-corrected chi connectivity index (χ0v) is 17.7. The summed E-state index contributed by atoms with van der Waals surface area (Å²) in [5.41, 5.74) is 1.64. The fourth-order valence-electron chi connectivity index (χ4n) is 2.86. The summed E-state index contributed by atoms with van der Waals surface area (Å²) < 4.78 is 5.70. The normalized spacial score (nSPS) is 11.6. The van der Waals surface area contributed by atoms with Crippen molar-refractivity contribution in [2.75, 3.05) is 13.7 Å². The van der Waals surface area contributed by atoms with Crippen molar-refractivity contribution in [3.8, 4) is 5.75 Å². The minimum atomic E-state index is -0.635. The Labute approximate surface area is 175 Å². The zero-order valence-electron chi connectivity index (χ0n) is 16.2. The first-order valence-corrected chi connectivity index (χ1v) is 9.76. The summed E-state index contributed by atoms with van der Waals surface area (Å²) in [6.45, 7) is 3.76. The van der Waals surface area contributed by atoms with E-state index in [0.717, 1.165) is 5.56 Å². The molecule has 0 bridgehead atoms. The molecule has 28 heavy (non-hydrogen) atoms. The summed E-state index contributed by atoms with van der Waals surface area (Å²) in [6, 6.07) is 11.9. The average molecular weight is 423 g/mol. The Kier molecular flexibility index (Phi) is 8.15. The van der Waals surface area contributed by atoms with Crippen LogP contribution in [0.3, 0.4) is 0 Å². The van der Waals surface area contributed by atoms with Crippen LogP contribution in [0.15, 0.2) is 42.5 Å². The van der Waals surface area contributed by atoms with Gasteiger partial charge in [-0.05, 0) is 42.7 Å². The van der Waals surface area contributed by atoms with Crippen molar-refractivity contribution in [2.24, 2.45) is 0 Å². The summed E-state index contributed by atoms with van der Waals surface area (Å²) in [5, 5.41) is 3.56. The Bertz CT molecular complexity index is 842. The highest BCUT2D eigenvalue weighted by Gasteiger charge is 2.28. The van der Waals surface area contributed by atoms with Crippen molar-refractivity contribution in [3.63, 3.8) is 0 Å². The van der Waals surface area contributed by atoms with Crippen LogP contribution in [0.5, 0.6) is 5.75 Å². The number of para-hydroxylation sites is 1. The first-order chi connectivity index (χ1) is 13.4. The third-order valence-electron chi connectivity index (χ3n) is 4.43. The van der Waals surface area contributed by atoms with E-state index in [1.807, 2.05) is 32.0 Å². The smallest absolute Gasteiger partial charge is 0.261 e. The van der Waals surface area contributed by atoms with Gasteiger partial charge in [-0.25, -0.2) is 0 Å². The first-order valence-electron chi connectivity index (χ1n) is 9.00. The van der Waals surface area contributed by atoms with Crippen molar-refractivity contribution in [3.05, 3.63) is 63.6 Å². The van der Waals surface area contributed by atoms with E-state index in [9.17, 15) is 9.59 Å². The predicted octanol–water partition coefficient (Wildman–Crippen LogP) is 4.23. The van der Waals surface area contributed by atoms with Gasteiger partial charge in [-0.1, -0.05) is 54.4 Å². The number of aryl methyl sites for hydroxylation is 1. The molecule has 0 heterocycles. The minimum Gasteiger partial charge on any atom is -0.484 e. The number of hydrogen-bond acceptors (Lipinski definition) is 3. The molecule has 1 N–H and O–H groups in total. The molecule has 2 rings (SSSR count). The Morgan fingerprint density at radius 2 is 1.89 bits per heavy atom. The molecule has 5 nitrogen and oxygen atoms in total. The molecule has 0 unspecified atom stereocenters. The van der Waals surface area contributed by atoms with Gasteiger partial charge in [-0.3, -0.25) is 9.59 Å². The molecule has 7 heteroatoms. The second-order valence-electron chi connectivity index (χ2n) is 6.35. The highest BCUT2D eigenvalue weighted by Crippen LogP contribution is 2.24.